The number of alkyl halides is 2. The van der Waals surface area contributed by atoms with Crippen LogP contribution >= 0.6 is 0 Å². The Hall–Kier alpha value is -1.21. The molecule has 0 amide bonds. The molecule has 4 nitrogen and oxygen atoms in total. The number of para-hydroxylation sites is 1. The van der Waals surface area contributed by atoms with E-state index in [0.29, 0.717) is 6.54 Å². The highest BCUT2D eigenvalue weighted by molar-refractivity contribution is 7.91. The fraction of sp³-hybridized carbons (Fsp3) is 0.538. The van der Waals surface area contributed by atoms with Gasteiger partial charge in [-0.05, 0) is 37.4 Å². The molecule has 0 bridgehead atoms. The topological polar surface area (TPSA) is 72.2 Å². The van der Waals surface area contributed by atoms with Crippen LogP contribution in [0.25, 0.3) is 0 Å². The monoisotopic (exact) mass is 304 g/mol. The van der Waals surface area contributed by atoms with Gasteiger partial charge in [0, 0.05) is 6.04 Å². The Morgan fingerprint density at radius 1 is 1.30 bits per heavy atom. The van der Waals surface area contributed by atoms with Crippen molar-refractivity contribution in [3.05, 3.63) is 24.3 Å². The van der Waals surface area contributed by atoms with Crippen molar-refractivity contribution < 1.29 is 17.2 Å². The van der Waals surface area contributed by atoms with E-state index in [-0.39, 0.29) is 22.5 Å². The third kappa shape index (κ3) is 2.93. The molecular formula is C13H18F2N2O2S. The predicted octanol–water partition coefficient (Wildman–Crippen LogP) is 2.22. The number of nitrogens with one attached hydrogen (secondary N) is 1. The van der Waals surface area contributed by atoms with E-state index in [1.54, 1.807) is 6.07 Å². The first-order valence-electron chi connectivity index (χ1n) is 6.54. The van der Waals surface area contributed by atoms with Gasteiger partial charge in [0.15, 0.2) is 0 Å². The van der Waals surface area contributed by atoms with Crippen molar-refractivity contribution in [3.8, 4) is 0 Å². The molecule has 1 fully saturated rings. The molecule has 1 aromatic rings. The second-order valence-corrected chi connectivity index (χ2v) is 6.87. The summed E-state index contributed by atoms with van der Waals surface area (Å²) in [6.45, 7) is 0.501. The van der Waals surface area contributed by atoms with Gasteiger partial charge in [0.2, 0.25) is 9.84 Å². The highest BCUT2D eigenvalue weighted by Crippen LogP contribution is 2.31. The maximum atomic E-state index is 12.7. The molecule has 0 aromatic heterocycles. The first-order valence-corrected chi connectivity index (χ1v) is 8.09. The second-order valence-electron chi connectivity index (χ2n) is 4.98. The predicted molar refractivity (Wildman–Crippen MR) is 73.4 cm³/mol. The molecule has 1 aliphatic rings. The number of rotatable bonds is 5. The van der Waals surface area contributed by atoms with Crippen molar-refractivity contribution in [2.75, 3.05) is 11.9 Å². The van der Waals surface area contributed by atoms with E-state index in [4.69, 9.17) is 5.73 Å². The third-order valence-corrected chi connectivity index (χ3v) is 5.17. The molecule has 112 valence electrons. The molecule has 0 heterocycles. The van der Waals surface area contributed by atoms with Crippen LogP contribution in [-0.4, -0.2) is 26.8 Å². The largest absolute Gasteiger partial charge is 0.381 e. The van der Waals surface area contributed by atoms with Gasteiger partial charge in [-0.1, -0.05) is 18.6 Å². The fourth-order valence-electron chi connectivity index (χ4n) is 2.64. The number of anilines is 1. The first kappa shape index (κ1) is 15.2. The summed E-state index contributed by atoms with van der Waals surface area (Å²) in [6, 6.07) is 5.82. The Morgan fingerprint density at radius 3 is 2.65 bits per heavy atom. The summed E-state index contributed by atoms with van der Waals surface area (Å²) in [5.41, 5.74) is 5.91. The molecule has 2 rings (SSSR count). The molecule has 3 N–H and O–H groups in total. The average molecular weight is 304 g/mol. The molecule has 1 aliphatic carbocycles. The highest BCUT2D eigenvalue weighted by Gasteiger charge is 2.31. The Kier molecular flexibility index (Phi) is 4.59. The summed E-state index contributed by atoms with van der Waals surface area (Å²) in [5.74, 6) is -3.17. The molecule has 7 heteroatoms. The molecule has 1 saturated carbocycles. The minimum absolute atomic E-state index is 0.0361. The standard InChI is InChI=1S/C13H18F2N2O2S/c14-13(15)20(18,19)12-7-2-1-5-11(12)17-10-6-3-4-9(10)8-16/h1-2,5,7,9-10,13,17H,3-4,6,8,16H2. The van der Waals surface area contributed by atoms with Gasteiger partial charge in [0.1, 0.15) is 0 Å². The van der Waals surface area contributed by atoms with E-state index in [2.05, 4.69) is 5.32 Å². The van der Waals surface area contributed by atoms with Gasteiger partial charge in [-0.2, -0.15) is 8.78 Å². The van der Waals surface area contributed by atoms with Gasteiger partial charge in [0.25, 0.3) is 0 Å². The van der Waals surface area contributed by atoms with Crippen LogP contribution in [0.1, 0.15) is 19.3 Å². The van der Waals surface area contributed by atoms with Crippen molar-refractivity contribution in [3.63, 3.8) is 0 Å². The zero-order valence-corrected chi connectivity index (χ0v) is 11.7. The molecule has 0 radical (unpaired) electrons. The smallest absolute Gasteiger partial charge is 0.341 e. The van der Waals surface area contributed by atoms with Crippen LogP contribution in [-0.2, 0) is 9.84 Å². The van der Waals surface area contributed by atoms with Gasteiger partial charge < -0.3 is 11.1 Å². The van der Waals surface area contributed by atoms with Crippen LogP contribution in [0.4, 0.5) is 14.5 Å². The lowest BCUT2D eigenvalue weighted by Crippen LogP contribution is -2.30. The summed E-state index contributed by atoms with van der Waals surface area (Å²) in [4.78, 5) is -0.349. The first-order chi connectivity index (χ1) is 9.46. The van der Waals surface area contributed by atoms with Crippen LogP contribution in [0, 0.1) is 5.92 Å². The van der Waals surface area contributed by atoms with E-state index >= 15 is 0 Å². The van der Waals surface area contributed by atoms with Crippen molar-refractivity contribution >= 4 is 15.5 Å². The number of hydrogen-bond donors (Lipinski definition) is 2. The second kappa shape index (κ2) is 6.05. The molecular weight excluding hydrogens is 286 g/mol. The minimum atomic E-state index is -4.60. The fourth-order valence-corrected chi connectivity index (χ4v) is 3.53. The van der Waals surface area contributed by atoms with Crippen molar-refractivity contribution in [1.29, 1.82) is 0 Å². The van der Waals surface area contributed by atoms with Crippen LogP contribution in [0.3, 0.4) is 0 Å². The SMILES string of the molecule is NCC1CCCC1Nc1ccccc1S(=O)(=O)C(F)F. The molecule has 0 saturated heterocycles. The van der Waals surface area contributed by atoms with Crippen molar-refractivity contribution in [2.45, 2.75) is 36.0 Å². The lowest BCUT2D eigenvalue weighted by Gasteiger charge is -2.22. The normalized spacial score (nSPS) is 23.2. The summed E-state index contributed by atoms with van der Waals surface area (Å²) in [5, 5.41) is 3.08. The van der Waals surface area contributed by atoms with Gasteiger partial charge in [-0.15, -0.1) is 0 Å². The van der Waals surface area contributed by atoms with Crippen LogP contribution in [0.15, 0.2) is 29.2 Å². The number of halogens is 2. The molecule has 2 atom stereocenters. The Labute approximate surface area is 117 Å². The van der Waals surface area contributed by atoms with Gasteiger partial charge in [-0.25, -0.2) is 8.42 Å². The highest BCUT2D eigenvalue weighted by atomic mass is 32.2. The number of nitrogens with two attached hydrogens (primary N) is 1. The van der Waals surface area contributed by atoms with E-state index in [0.717, 1.165) is 19.3 Å². The van der Waals surface area contributed by atoms with Crippen LogP contribution < -0.4 is 11.1 Å². The Bertz CT molecular complexity index is 563. The maximum Gasteiger partial charge on any atom is 0.341 e. The summed E-state index contributed by atoms with van der Waals surface area (Å²) >= 11 is 0. The van der Waals surface area contributed by atoms with E-state index in [9.17, 15) is 17.2 Å². The number of sulfone groups is 1. The summed E-state index contributed by atoms with van der Waals surface area (Å²) < 4.78 is 48.7. The molecule has 20 heavy (non-hydrogen) atoms. The van der Waals surface area contributed by atoms with Crippen LogP contribution in [0.5, 0.6) is 0 Å². The van der Waals surface area contributed by atoms with E-state index in [1.165, 1.54) is 18.2 Å². The molecule has 0 aliphatic heterocycles. The molecule has 1 aromatic carbocycles. The Balaban J connectivity index is 2.29. The molecule has 2 unspecified atom stereocenters. The van der Waals surface area contributed by atoms with Crippen molar-refractivity contribution in [2.24, 2.45) is 11.7 Å². The van der Waals surface area contributed by atoms with Gasteiger partial charge >= 0.3 is 5.76 Å². The van der Waals surface area contributed by atoms with E-state index in [1.807, 2.05) is 0 Å². The zero-order valence-electron chi connectivity index (χ0n) is 10.9. The lowest BCUT2D eigenvalue weighted by atomic mass is 10.0. The minimum Gasteiger partial charge on any atom is -0.381 e. The third-order valence-electron chi connectivity index (χ3n) is 3.73. The lowest BCUT2D eigenvalue weighted by molar-refractivity contribution is 0.235. The molecule has 0 spiro atoms. The number of benzene rings is 1. The summed E-state index contributed by atoms with van der Waals surface area (Å²) in [7, 11) is -4.60. The van der Waals surface area contributed by atoms with E-state index < -0.39 is 15.6 Å². The number of hydrogen-bond acceptors (Lipinski definition) is 4. The maximum absolute atomic E-state index is 12.7. The van der Waals surface area contributed by atoms with Gasteiger partial charge in [0.05, 0.1) is 10.6 Å². The Morgan fingerprint density at radius 2 is 2.00 bits per heavy atom. The average Bonchev–Trinajstić information content (AvgIpc) is 2.86. The summed E-state index contributed by atoms with van der Waals surface area (Å²) in [6.07, 6.45) is 2.84. The zero-order chi connectivity index (χ0) is 14.8. The quantitative estimate of drug-likeness (QED) is 0.875. The van der Waals surface area contributed by atoms with Gasteiger partial charge in [-0.3, -0.25) is 0 Å². The van der Waals surface area contributed by atoms with Crippen LogP contribution in [0.2, 0.25) is 0 Å². The van der Waals surface area contributed by atoms with Crippen molar-refractivity contribution in [1.82, 2.24) is 0 Å².